The molecular formula is C7H10O2. The average Bonchev–Trinajstić information content (AvgIpc) is 2.39. The molecule has 2 heterocycles. The van der Waals surface area contributed by atoms with Crippen molar-refractivity contribution in [3.63, 3.8) is 0 Å². The molecule has 2 fully saturated rings. The molecule has 50 valence electrons. The average molecular weight is 128 g/mol. The van der Waals surface area contributed by atoms with Gasteiger partial charge in [-0.1, -0.05) is 6.58 Å². The Hall–Kier alpha value is -0.340. The number of hydrogen-bond donors (Lipinski definition) is 0. The van der Waals surface area contributed by atoms with Crippen molar-refractivity contribution in [3.05, 3.63) is 12.2 Å². The molecule has 0 aromatic heterocycles. The van der Waals surface area contributed by atoms with Gasteiger partial charge in [0.1, 0.15) is 0 Å². The molecule has 0 aliphatic carbocycles. The predicted molar refractivity (Wildman–Crippen MR) is 32.9 cm³/mol. The quantitative estimate of drug-likeness (QED) is 0.452. The van der Waals surface area contributed by atoms with E-state index in [9.17, 15) is 0 Å². The fourth-order valence-electron chi connectivity index (χ4n) is 1.23. The first kappa shape index (κ1) is 3.74. The Morgan fingerprint density at radius 2 is 2.56 bits per heavy atom. The third kappa shape index (κ3) is 0.705. The smallest absolute Gasteiger partial charge is 0.164 e. The van der Waals surface area contributed by atoms with Gasteiger partial charge >= 0.3 is 0 Å². The first-order valence-corrected chi connectivity index (χ1v) is 3.10. The van der Waals surface area contributed by atoms with Crippen LogP contribution in [0.15, 0.2) is 12.2 Å². The van der Waals surface area contributed by atoms with Gasteiger partial charge in [0.05, 0.1) is 15.9 Å². The van der Waals surface area contributed by atoms with Crippen molar-refractivity contribution in [2.24, 2.45) is 5.92 Å². The second kappa shape index (κ2) is 1.82. The minimum absolute atomic E-state index is 0.0741. The Labute approximate surface area is 57.3 Å². The Balaban J connectivity index is 2.23. The second-order valence-corrected chi connectivity index (χ2v) is 2.38. The van der Waals surface area contributed by atoms with E-state index in [0.29, 0.717) is 12.2 Å². The van der Waals surface area contributed by atoms with Crippen LogP contribution in [-0.4, -0.2) is 19.5 Å². The number of hydrogen-bond acceptors (Lipinski definition) is 2. The van der Waals surface area contributed by atoms with Gasteiger partial charge in [-0.3, -0.25) is 0 Å². The van der Waals surface area contributed by atoms with Crippen LogP contribution >= 0.6 is 0 Å². The molecule has 2 aliphatic heterocycles. The van der Waals surface area contributed by atoms with Crippen molar-refractivity contribution in [2.75, 3.05) is 13.2 Å². The Kier molecular flexibility index (Phi) is 0.756. The van der Waals surface area contributed by atoms with Gasteiger partial charge in [0.15, 0.2) is 6.29 Å². The predicted octanol–water partition coefficient (Wildman–Crippen LogP) is 0.935. The molecular weight excluding hydrogens is 116 g/mol. The van der Waals surface area contributed by atoms with Gasteiger partial charge in [-0.25, -0.2) is 0 Å². The van der Waals surface area contributed by atoms with Crippen molar-refractivity contribution in [3.8, 4) is 0 Å². The summed E-state index contributed by atoms with van der Waals surface area (Å²) in [6.07, 6.45) is 0.459. The maximum atomic E-state index is 7.36. The summed E-state index contributed by atoms with van der Waals surface area (Å²) in [5, 5.41) is 0. The van der Waals surface area contributed by atoms with Crippen molar-refractivity contribution >= 4 is 0 Å². The lowest BCUT2D eigenvalue weighted by Crippen LogP contribution is -2.09. The summed E-state index contributed by atoms with van der Waals surface area (Å²) in [6.45, 7) is 2.66. The summed E-state index contributed by atoms with van der Waals surface area (Å²) in [7, 11) is 0. The standard InChI is InChI=1S/C7H10O2/c1-5-4-9-7-6(5)2-3-8-7/h6-7H,1-4H2/i4D2. The maximum Gasteiger partial charge on any atom is 0.164 e. The van der Waals surface area contributed by atoms with E-state index in [0.717, 1.165) is 6.42 Å². The molecule has 2 saturated heterocycles. The largest absolute Gasteiger partial charge is 0.352 e. The van der Waals surface area contributed by atoms with Crippen LogP contribution in [0.3, 0.4) is 0 Å². The van der Waals surface area contributed by atoms with Crippen LogP contribution < -0.4 is 0 Å². The van der Waals surface area contributed by atoms with Gasteiger partial charge in [-0.15, -0.1) is 0 Å². The number of rotatable bonds is 0. The Bertz CT molecular complexity index is 203. The van der Waals surface area contributed by atoms with E-state index in [1.807, 2.05) is 0 Å². The number of fused-ring (bicyclic) bond motifs is 1. The van der Waals surface area contributed by atoms with E-state index >= 15 is 0 Å². The van der Waals surface area contributed by atoms with Crippen LogP contribution in [0.2, 0.25) is 0 Å². The lowest BCUT2D eigenvalue weighted by molar-refractivity contribution is -0.0904. The fourth-order valence-corrected chi connectivity index (χ4v) is 1.23. The van der Waals surface area contributed by atoms with Crippen LogP contribution in [0.5, 0.6) is 0 Å². The molecule has 2 nitrogen and oxygen atoms in total. The Morgan fingerprint density at radius 3 is 3.33 bits per heavy atom. The van der Waals surface area contributed by atoms with Gasteiger partial charge in [0.25, 0.3) is 0 Å². The summed E-state index contributed by atoms with van der Waals surface area (Å²) in [6, 6.07) is 0. The van der Waals surface area contributed by atoms with Gasteiger partial charge in [-0.05, 0) is 12.0 Å². The molecule has 2 atom stereocenters. The molecule has 0 aromatic rings. The first-order valence-electron chi connectivity index (χ1n) is 4.10. The minimum Gasteiger partial charge on any atom is -0.352 e. The highest BCUT2D eigenvalue weighted by atomic mass is 16.7. The van der Waals surface area contributed by atoms with E-state index in [1.54, 1.807) is 0 Å². The third-order valence-electron chi connectivity index (χ3n) is 1.79. The molecule has 0 bridgehead atoms. The van der Waals surface area contributed by atoms with Crippen LogP contribution in [0, 0.1) is 5.92 Å². The molecule has 0 aromatic carbocycles. The van der Waals surface area contributed by atoms with Crippen LogP contribution in [0.25, 0.3) is 0 Å². The lowest BCUT2D eigenvalue weighted by Gasteiger charge is -2.04. The molecule has 2 aliphatic rings. The van der Waals surface area contributed by atoms with Gasteiger partial charge in [-0.2, -0.15) is 0 Å². The third-order valence-corrected chi connectivity index (χ3v) is 1.79. The van der Waals surface area contributed by atoms with Crippen molar-refractivity contribution < 1.29 is 12.2 Å². The molecule has 0 radical (unpaired) electrons. The molecule has 2 rings (SSSR count). The van der Waals surface area contributed by atoms with Crippen LogP contribution in [0.1, 0.15) is 9.16 Å². The summed E-state index contributed by atoms with van der Waals surface area (Å²) in [5.41, 5.74) is 0.528. The highest BCUT2D eigenvalue weighted by Gasteiger charge is 2.36. The van der Waals surface area contributed by atoms with E-state index < -0.39 is 6.56 Å². The van der Waals surface area contributed by atoms with Crippen LogP contribution in [0.4, 0.5) is 0 Å². The zero-order chi connectivity index (χ0) is 8.06. The molecule has 0 amide bonds. The summed E-state index contributed by atoms with van der Waals surface area (Å²) < 4.78 is 24.9. The zero-order valence-electron chi connectivity index (χ0n) is 7.09. The molecule has 0 saturated carbocycles. The monoisotopic (exact) mass is 128 g/mol. The SMILES string of the molecule is [2H]C1([2H])OC2OCCC2C1=C. The normalized spacial score (nSPS) is 50.4. The summed E-state index contributed by atoms with van der Waals surface area (Å²) >= 11 is 0. The van der Waals surface area contributed by atoms with Crippen molar-refractivity contribution in [1.29, 1.82) is 0 Å². The molecule has 0 spiro atoms. The van der Waals surface area contributed by atoms with Crippen molar-refractivity contribution in [2.45, 2.75) is 12.7 Å². The summed E-state index contributed by atoms with van der Waals surface area (Å²) in [4.78, 5) is 0. The highest BCUT2D eigenvalue weighted by Crippen LogP contribution is 2.33. The van der Waals surface area contributed by atoms with E-state index in [-0.39, 0.29) is 12.2 Å². The van der Waals surface area contributed by atoms with E-state index in [2.05, 4.69) is 6.58 Å². The topological polar surface area (TPSA) is 18.5 Å². The molecule has 2 unspecified atom stereocenters. The van der Waals surface area contributed by atoms with E-state index in [4.69, 9.17) is 12.2 Å². The maximum absolute atomic E-state index is 7.36. The van der Waals surface area contributed by atoms with Crippen molar-refractivity contribution in [1.82, 2.24) is 0 Å². The highest BCUT2D eigenvalue weighted by molar-refractivity contribution is 5.08. The molecule has 2 heteroatoms. The second-order valence-electron chi connectivity index (χ2n) is 2.38. The Morgan fingerprint density at radius 1 is 1.67 bits per heavy atom. The van der Waals surface area contributed by atoms with Gasteiger partial charge in [0, 0.05) is 5.92 Å². The van der Waals surface area contributed by atoms with Crippen LogP contribution in [-0.2, 0) is 9.47 Å². The fraction of sp³-hybridized carbons (Fsp3) is 0.714. The first-order chi connectivity index (χ1) is 5.11. The lowest BCUT2D eigenvalue weighted by atomic mass is 10.0. The zero-order valence-corrected chi connectivity index (χ0v) is 5.09. The summed E-state index contributed by atoms with van der Waals surface area (Å²) in [5.74, 6) is 0.0741. The molecule has 9 heavy (non-hydrogen) atoms. The van der Waals surface area contributed by atoms with E-state index in [1.165, 1.54) is 0 Å². The van der Waals surface area contributed by atoms with Gasteiger partial charge in [0.2, 0.25) is 0 Å². The molecule has 0 N–H and O–H groups in total. The minimum atomic E-state index is -1.67. The van der Waals surface area contributed by atoms with Gasteiger partial charge < -0.3 is 9.47 Å². The number of ether oxygens (including phenoxy) is 2.